The van der Waals surface area contributed by atoms with Gasteiger partial charge in [0.25, 0.3) is 5.24 Å². The summed E-state index contributed by atoms with van der Waals surface area (Å²) < 4.78 is 17.9. The van der Waals surface area contributed by atoms with Crippen molar-refractivity contribution in [1.82, 2.24) is 0 Å². The lowest BCUT2D eigenvalue weighted by Gasteiger charge is -2.57. The minimum atomic E-state index is -0.458. The SMILES string of the molecule is CCOCOc1c(-c2ccc(C(=O)Cl)cc2)ccc2cc(OC)c(C34CC5CC(CC(C5)C3)C4)cc12. The zero-order valence-electron chi connectivity index (χ0n) is 21.0. The van der Waals surface area contributed by atoms with Gasteiger partial charge in [-0.05, 0) is 115 Å². The molecule has 7 rings (SSSR count). The van der Waals surface area contributed by atoms with Gasteiger partial charge in [-0.3, -0.25) is 4.79 Å². The van der Waals surface area contributed by atoms with Gasteiger partial charge in [0, 0.05) is 28.7 Å². The molecule has 4 aliphatic carbocycles. The first-order chi connectivity index (χ1) is 17.5. The lowest BCUT2D eigenvalue weighted by Crippen LogP contribution is -2.48. The molecular formula is C31H33ClO4. The van der Waals surface area contributed by atoms with E-state index in [0.717, 1.165) is 51.2 Å². The van der Waals surface area contributed by atoms with Crippen LogP contribution in [0.4, 0.5) is 0 Å². The predicted octanol–water partition coefficient (Wildman–Crippen LogP) is 7.74. The van der Waals surface area contributed by atoms with Crippen LogP contribution in [-0.2, 0) is 10.2 Å². The Balaban J connectivity index is 1.51. The van der Waals surface area contributed by atoms with Crippen LogP contribution >= 0.6 is 11.6 Å². The third kappa shape index (κ3) is 4.09. The third-order valence-corrected chi connectivity index (χ3v) is 9.03. The van der Waals surface area contributed by atoms with Crippen LogP contribution in [0.25, 0.3) is 21.9 Å². The summed E-state index contributed by atoms with van der Waals surface area (Å²) in [7, 11) is 1.80. The molecule has 0 heterocycles. The van der Waals surface area contributed by atoms with E-state index in [1.807, 2.05) is 19.1 Å². The van der Waals surface area contributed by atoms with Crippen LogP contribution in [0.15, 0.2) is 48.5 Å². The molecule has 3 aromatic rings. The first-order valence-corrected chi connectivity index (χ1v) is 13.5. The molecule has 0 aliphatic heterocycles. The molecule has 0 amide bonds. The molecule has 36 heavy (non-hydrogen) atoms. The Labute approximate surface area is 217 Å². The number of halogens is 1. The van der Waals surface area contributed by atoms with Crippen molar-refractivity contribution in [2.24, 2.45) is 17.8 Å². The van der Waals surface area contributed by atoms with Crippen LogP contribution in [0.3, 0.4) is 0 Å². The summed E-state index contributed by atoms with van der Waals surface area (Å²) in [6, 6.07) is 16.1. The quantitative estimate of drug-likeness (QED) is 0.179. The third-order valence-electron chi connectivity index (χ3n) is 8.81. The summed E-state index contributed by atoms with van der Waals surface area (Å²) in [5.74, 6) is 4.34. The highest BCUT2D eigenvalue weighted by molar-refractivity contribution is 6.67. The van der Waals surface area contributed by atoms with Gasteiger partial charge in [-0.25, -0.2) is 0 Å². The van der Waals surface area contributed by atoms with E-state index in [4.69, 9.17) is 25.8 Å². The molecule has 0 N–H and O–H groups in total. The Morgan fingerprint density at radius 3 is 2.22 bits per heavy atom. The fraction of sp³-hybridized carbons (Fsp3) is 0.452. The van der Waals surface area contributed by atoms with Crippen molar-refractivity contribution in [3.8, 4) is 22.6 Å². The number of fused-ring (bicyclic) bond motifs is 1. The lowest BCUT2D eigenvalue weighted by molar-refractivity contribution is -0.00610. The van der Waals surface area contributed by atoms with Crippen LogP contribution in [0.2, 0.25) is 0 Å². The fourth-order valence-corrected chi connectivity index (χ4v) is 7.82. The number of carbonyl (C=O) groups is 1. The van der Waals surface area contributed by atoms with E-state index in [0.29, 0.717) is 12.2 Å². The molecule has 5 heteroatoms. The van der Waals surface area contributed by atoms with Gasteiger partial charge >= 0.3 is 0 Å². The maximum Gasteiger partial charge on any atom is 0.252 e. The molecule has 0 spiro atoms. The van der Waals surface area contributed by atoms with Crippen LogP contribution in [0, 0.1) is 17.8 Å². The van der Waals surface area contributed by atoms with Crippen molar-refractivity contribution >= 4 is 27.6 Å². The van der Waals surface area contributed by atoms with E-state index >= 15 is 0 Å². The average Bonchev–Trinajstić information content (AvgIpc) is 2.87. The van der Waals surface area contributed by atoms with Gasteiger partial charge < -0.3 is 14.2 Å². The van der Waals surface area contributed by atoms with E-state index in [1.54, 1.807) is 19.2 Å². The van der Waals surface area contributed by atoms with E-state index in [1.165, 1.54) is 44.1 Å². The Morgan fingerprint density at radius 1 is 0.972 bits per heavy atom. The maximum atomic E-state index is 11.6. The topological polar surface area (TPSA) is 44.8 Å². The van der Waals surface area contributed by atoms with Gasteiger partial charge in [0.15, 0.2) is 6.79 Å². The summed E-state index contributed by atoms with van der Waals surface area (Å²) in [6.07, 6.45) is 8.02. The molecule has 3 aromatic carbocycles. The first-order valence-electron chi connectivity index (χ1n) is 13.2. The summed E-state index contributed by atoms with van der Waals surface area (Å²) in [5, 5.41) is 1.71. The van der Waals surface area contributed by atoms with Gasteiger partial charge in [-0.2, -0.15) is 0 Å². The highest BCUT2D eigenvalue weighted by Crippen LogP contribution is 2.62. The van der Waals surface area contributed by atoms with Crippen molar-refractivity contribution in [2.75, 3.05) is 20.5 Å². The molecule has 0 unspecified atom stereocenters. The van der Waals surface area contributed by atoms with Gasteiger partial charge in [0.1, 0.15) is 11.5 Å². The first kappa shape index (κ1) is 23.8. The molecule has 0 radical (unpaired) electrons. The van der Waals surface area contributed by atoms with Gasteiger partial charge in [0.2, 0.25) is 0 Å². The molecule has 4 fully saturated rings. The van der Waals surface area contributed by atoms with Crippen LogP contribution in [0.1, 0.15) is 61.4 Å². The summed E-state index contributed by atoms with van der Waals surface area (Å²) in [5.41, 5.74) is 3.96. The van der Waals surface area contributed by atoms with Gasteiger partial charge in [-0.15, -0.1) is 0 Å². The number of rotatable bonds is 8. The Morgan fingerprint density at radius 2 is 1.64 bits per heavy atom. The molecule has 0 saturated heterocycles. The summed E-state index contributed by atoms with van der Waals surface area (Å²) >= 11 is 5.68. The smallest absolute Gasteiger partial charge is 0.252 e. The van der Waals surface area contributed by atoms with Crippen LogP contribution < -0.4 is 9.47 Å². The number of carbonyl (C=O) groups excluding carboxylic acids is 1. The van der Waals surface area contributed by atoms with E-state index in [2.05, 4.69) is 24.3 Å². The number of hydrogen-bond donors (Lipinski definition) is 0. The van der Waals surface area contributed by atoms with Crippen molar-refractivity contribution in [3.05, 3.63) is 59.7 Å². The monoisotopic (exact) mass is 504 g/mol. The molecule has 0 atom stereocenters. The largest absolute Gasteiger partial charge is 0.496 e. The molecule has 4 saturated carbocycles. The van der Waals surface area contributed by atoms with Gasteiger partial charge in [-0.1, -0.05) is 24.3 Å². The molecule has 4 aliphatic rings. The van der Waals surface area contributed by atoms with Crippen molar-refractivity contribution in [2.45, 2.75) is 50.9 Å². The van der Waals surface area contributed by atoms with Gasteiger partial charge in [0.05, 0.1) is 7.11 Å². The molecular weight excluding hydrogens is 472 g/mol. The highest BCUT2D eigenvalue weighted by atomic mass is 35.5. The van der Waals surface area contributed by atoms with Crippen molar-refractivity contribution < 1.29 is 19.0 Å². The highest BCUT2D eigenvalue weighted by Gasteiger charge is 2.52. The number of methoxy groups -OCH3 is 1. The molecule has 0 aromatic heterocycles. The average molecular weight is 505 g/mol. The van der Waals surface area contributed by atoms with E-state index < -0.39 is 5.24 Å². The lowest BCUT2D eigenvalue weighted by atomic mass is 9.48. The zero-order chi connectivity index (χ0) is 24.9. The standard InChI is InChI=1S/C31H33ClO4/c1-3-35-18-36-29-25(22-4-6-23(7-5-22)30(32)33)9-8-24-13-28(34-2)27(14-26(24)29)31-15-19-10-20(16-31)12-21(11-19)17-31/h4-9,13-14,19-21H,3,10-12,15-18H2,1-2H3. The fourth-order valence-electron chi connectivity index (χ4n) is 7.70. The second-order valence-electron chi connectivity index (χ2n) is 11.0. The second-order valence-corrected chi connectivity index (χ2v) is 11.4. The Kier molecular flexibility index (Phi) is 6.21. The van der Waals surface area contributed by atoms with Crippen molar-refractivity contribution in [3.63, 3.8) is 0 Å². The zero-order valence-corrected chi connectivity index (χ0v) is 21.8. The van der Waals surface area contributed by atoms with Crippen LogP contribution in [-0.4, -0.2) is 25.8 Å². The second kappa shape index (κ2) is 9.39. The number of benzene rings is 3. The number of ether oxygens (including phenoxy) is 3. The predicted molar refractivity (Wildman–Crippen MR) is 143 cm³/mol. The minimum absolute atomic E-state index is 0.180. The Hall–Kier alpha value is -2.56. The molecule has 188 valence electrons. The summed E-state index contributed by atoms with van der Waals surface area (Å²) in [4.78, 5) is 11.6. The maximum absolute atomic E-state index is 11.6. The Bertz CT molecular complexity index is 1260. The normalized spacial score (nSPS) is 26.4. The minimum Gasteiger partial charge on any atom is -0.496 e. The molecule has 4 bridgehead atoms. The molecule has 4 nitrogen and oxygen atoms in total. The van der Waals surface area contributed by atoms with E-state index in [9.17, 15) is 4.79 Å². The number of hydrogen-bond acceptors (Lipinski definition) is 4. The van der Waals surface area contributed by atoms with Crippen LogP contribution in [0.5, 0.6) is 11.5 Å². The van der Waals surface area contributed by atoms with E-state index in [-0.39, 0.29) is 12.2 Å². The van der Waals surface area contributed by atoms with Crippen molar-refractivity contribution in [1.29, 1.82) is 0 Å². The summed E-state index contributed by atoms with van der Waals surface area (Å²) in [6.45, 7) is 2.73.